The summed E-state index contributed by atoms with van der Waals surface area (Å²) in [6, 6.07) is 4.77. The van der Waals surface area contributed by atoms with Crippen molar-refractivity contribution in [1.82, 2.24) is 9.80 Å². The van der Waals surface area contributed by atoms with Gasteiger partial charge in [0.25, 0.3) is 0 Å². The van der Waals surface area contributed by atoms with Gasteiger partial charge >= 0.3 is 0 Å². The van der Waals surface area contributed by atoms with E-state index in [-0.39, 0.29) is 22.8 Å². The van der Waals surface area contributed by atoms with Crippen molar-refractivity contribution in [2.45, 2.75) is 33.4 Å². The minimum Gasteiger partial charge on any atom is -0.340 e. The van der Waals surface area contributed by atoms with Crippen LogP contribution in [0.15, 0.2) is 18.2 Å². The Morgan fingerprint density at radius 1 is 1.38 bits per heavy atom. The third-order valence-corrected chi connectivity index (χ3v) is 4.16. The van der Waals surface area contributed by atoms with Crippen LogP contribution in [0.1, 0.15) is 26.3 Å². The Hall–Kier alpha value is -1.13. The molecule has 1 atom stereocenters. The van der Waals surface area contributed by atoms with Crippen molar-refractivity contribution in [1.29, 1.82) is 0 Å². The zero-order valence-corrected chi connectivity index (χ0v) is 13.5. The molecule has 1 saturated heterocycles. The quantitative estimate of drug-likeness (QED) is 0.852. The van der Waals surface area contributed by atoms with Crippen molar-refractivity contribution in [2.24, 2.45) is 5.92 Å². The molecule has 1 aliphatic rings. The van der Waals surface area contributed by atoms with Crippen LogP contribution >= 0.6 is 11.6 Å². The first-order valence-electron chi connectivity index (χ1n) is 7.36. The molecule has 1 fully saturated rings. The largest absolute Gasteiger partial charge is 0.340 e. The van der Waals surface area contributed by atoms with Crippen LogP contribution in [0.3, 0.4) is 0 Å². The lowest BCUT2D eigenvalue weighted by molar-refractivity contribution is -0.141. The maximum absolute atomic E-state index is 14.0. The van der Waals surface area contributed by atoms with Crippen LogP contribution in [0, 0.1) is 11.7 Å². The average Bonchev–Trinajstić information content (AvgIpc) is 2.43. The summed E-state index contributed by atoms with van der Waals surface area (Å²) in [6.07, 6.45) is 0. The highest BCUT2D eigenvalue weighted by Gasteiger charge is 2.31. The predicted octanol–water partition coefficient (Wildman–Crippen LogP) is 3.17. The molecule has 3 nitrogen and oxygen atoms in total. The van der Waals surface area contributed by atoms with Gasteiger partial charge in [-0.05, 0) is 18.9 Å². The molecule has 1 amide bonds. The minimum atomic E-state index is -0.386. The molecule has 0 radical (unpaired) electrons. The van der Waals surface area contributed by atoms with Gasteiger partial charge in [-0.1, -0.05) is 37.6 Å². The van der Waals surface area contributed by atoms with Gasteiger partial charge in [0.1, 0.15) is 5.82 Å². The van der Waals surface area contributed by atoms with E-state index in [9.17, 15) is 9.18 Å². The molecule has 0 aliphatic carbocycles. The van der Waals surface area contributed by atoms with E-state index in [1.807, 2.05) is 16.7 Å². The molecule has 1 aliphatic heterocycles. The third-order valence-electron chi connectivity index (χ3n) is 3.86. The lowest BCUT2D eigenvalue weighted by Gasteiger charge is -2.39. The van der Waals surface area contributed by atoms with Crippen LogP contribution in [0.25, 0.3) is 0 Å². The van der Waals surface area contributed by atoms with Gasteiger partial charge < -0.3 is 4.90 Å². The fourth-order valence-electron chi connectivity index (χ4n) is 2.70. The van der Waals surface area contributed by atoms with Crippen LogP contribution < -0.4 is 0 Å². The molecule has 0 saturated carbocycles. The number of carbonyl (C=O) groups is 1. The van der Waals surface area contributed by atoms with Crippen LogP contribution in [0.5, 0.6) is 0 Å². The molecule has 2 rings (SSSR count). The molecule has 116 valence electrons. The number of hydrogen-bond donors (Lipinski definition) is 0. The minimum absolute atomic E-state index is 0.123. The zero-order chi connectivity index (χ0) is 15.6. The predicted molar refractivity (Wildman–Crippen MR) is 82.7 cm³/mol. The Kier molecular flexibility index (Phi) is 5.22. The van der Waals surface area contributed by atoms with E-state index in [0.29, 0.717) is 24.6 Å². The Bertz CT molecular complexity index is 521. The molecule has 0 aromatic heterocycles. The Morgan fingerprint density at radius 3 is 2.76 bits per heavy atom. The second-order valence-corrected chi connectivity index (χ2v) is 6.44. The lowest BCUT2D eigenvalue weighted by Crippen LogP contribution is -2.56. The Labute approximate surface area is 130 Å². The number of hydrogen-bond acceptors (Lipinski definition) is 2. The number of amides is 1. The summed E-state index contributed by atoms with van der Waals surface area (Å²) < 4.78 is 14.0. The average molecular weight is 313 g/mol. The standard InChI is InChI=1S/C16H22ClFN2O/c1-11(2)9-20-8-7-19(12(3)16(20)21)10-13-5-4-6-14(17)15(13)18/h4-6,11-12H,7-10H2,1-3H3. The molecule has 0 spiro atoms. The van der Waals surface area contributed by atoms with Crippen LogP contribution in [-0.4, -0.2) is 41.4 Å². The number of benzene rings is 1. The molecule has 0 bridgehead atoms. The van der Waals surface area contributed by atoms with Gasteiger partial charge in [-0.25, -0.2) is 4.39 Å². The molecule has 1 aromatic carbocycles. The highest BCUT2D eigenvalue weighted by atomic mass is 35.5. The van der Waals surface area contributed by atoms with E-state index < -0.39 is 0 Å². The van der Waals surface area contributed by atoms with E-state index in [1.165, 1.54) is 6.07 Å². The summed E-state index contributed by atoms with van der Waals surface area (Å²) in [6.45, 7) is 8.74. The van der Waals surface area contributed by atoms with Crippen LogP contribution in [-0.2, 0) is 11.3 Å². The molecule has 0 N–H and O–H groups in total. The maximum Gasteiger partial charge on any atom is 0.239 e. The lowest BCUT2D eigenvalue weighted by atomic mass is 10.1. The summed E-state index contributed by atoms with van der Waals surface area (Å²) in [5.41, 5.74) is 0.541. The fourth-order valence-corrected chi connectivity index (χ4v) is 2.89. The van der Waals surface area contributed by atoms with E-state index in [4.69, 9.17) is 11.6 Å². The van der Waals surface area contributed by atoms with Gasteiger partial charge in [-0.3, -0.25) is 9.69 Å². The van der Waals surface area contributed by atoms with Gasteiger partial charge in [0.15, 0.2) is 0 Å². The second-order valence-electron chi connectivity index (χ2n) is 6.04. The van der Waals surface area contributed by atoms with Crippen molar-refractivity contribution in [3.05, 3.63) is 34.6 Å². The summed E-state index contributed by atoms with van der Waals surface area (Å²) in [5, 5.41) is 0.130. The Morgan fingerprint density at radius 2 is 2.10 bits per heavy atom. The van der Waals surface area contributed by atoms with E-state index >= 15 is 0 Å². The first-order chi connectivity index (χ1) is 9.90. The number of piperazine rings is 1. The highest BCUT2D eigenvalue weighted by Crippen LogP contribution is 2.22. The SMILES string of the molecule is CC(C)CN1CCN(Cc2cccc(Cl)c2F)C(C)C1=O. The van der Waals surface area contributed by atoms with Gasteiger partial charge in [-0.15, -0.1) is 0 Å². The highest BCUT2D eigenvalue weighted by molar-refractivity contribution is 6.30. The van der Waals surface area contributed by atoms with Crippen LogP contribution in [0.2, 0.25) is 5.02 Å². The van der Waals surface area contributed by atoms with Gasteiger partial charge in [0, 0.05) is 31.7 Å². The topological polar surface area (TPSA) is 23.6 Å². The van der Waals surface area contributed by atoms with E-state index in [1.54, 1.807) is 12.1 Å². The van der Waals surface area contributed by atoms with Crippen molar-refractivity contribution in [2.75, 3.05) is 19.6 Å². The molecule has 21 heavy (non-hydrogen) atoms. The first kappa shape index (κ1) is 16.2. The summed E-state index contributed by atoms with van der Waals surface area (Å²) >= 11 is 5.81. The summed E-state index contributed by atoms with van der Waals surface area (Å²) in [7, 11) is 0. The van der Waals surface area contributed by atoms with Gasteiger partial charge in [-0.2, -0.15) is 0 Å². The fraction of sp³-hybridized carbons (Fsp3) is 0.562. The van der Waals surface area contributed by atoms with Crippen molar-refractivity contribution in [3.8, 4) is 0 Å². The number of carbonyl (C=O) groups excluding carboxylic acids is 1. The molecular formula is C16H22ClFN2O. The molecular weight excluding hydrogens is 291 g/mol. The van der Waals surface area contributed by atoms with Crippen molar-refractivity contribution >= 4 is 17.5 Å². The Balaban J connectivity index is 2.06. The smallest absolute Gasteiger partial charge is 0.239 e. The normalized spacial score (nSPS) is 20.4. The number of halogens is 2. The monoisotopic (exact) mass is 312 g/mol. The van der Waals surface area contributed by atoms with E-state index in [0.717, 1.165) is 13.1 Å². The second kappa shape index (κ2) is 6.75. The third kappa shape index (κ3) is 3.74. The number of rotatable bonds is 4. The van der Waals surface area contributed by atoms with Crippen molar-refractivity contribution < 1.29 is 9.18 Å². The summed E-state index contributed by atoms with van der Waals surface area (Å²) in [4.78, 5) is 16.3. The zero-order valence-electron chi connectivity index (χ0n) is 12.8. The van der Waals surface area contributed by atoms with E-state index in [2.05, 4.69) is 13.8 Å². The summed E-state index contributed by atoms with van der Waals surface area (Å²) in [5.74, 6) is 0.193. The maximum atomic E-state index is 14.0. The molecule has 1 aromatic rings. The molecule has 5 heteroatoms. The van der Waals surface area contributed by atoms with Gasteiger partial charge in [0.2, 0.25) is 5.91 Å². The van der Waals surface area contributed by atoms with Crippen molar-refractivity contribution in [3.63, 3.8) is 0 Å². The van der Waals surface area contributed by atoms with Crippen LogP contribution in [0.4, 0.5) is 4.39 Å². The number of nitrogens with zero attached hydrogens (tertiary/aromatic N) is 2. The molecule has 1 heterocycles. The molecule has 1 unspecified atom stereocenters. The first-order valence-corrected chi connectivity index (χ1v) is 7.73. The van der Waals surface area contributed by atoms with Gasteiger partial charge in [0.05, 0.1) is 11.1 Å².